The number of benzene rings is 3. The van der Waals surface area contributed by atoms with E-state index in [9.17, 15) is 34.8 Å². The second kappa shape index (κ2) is 13.7. The number of hydrogen-bond donors (Lipinski definition) is 5. The van der Waals surface area contributed by atoms with Crippen LogP contribution in [-0.2, 0) is 27.2 Å². The van der Waals surface area contributed by atoms with E-state index in [0.717, 1.165) is 5.56 Å². The van der Waals surface area contributed by atoms with Gasteiger partial charge in [0, 0.05) is 42.5 Å². The lowest BCUT2D eigenvalue weighted by atomic mass is 9.72. The minimum Gasteiger partial charge on any atom is -0.507 e. The van der Waals surface area contributed by atoms with Crippen LogP contribution in [0.15, 0.2) is 48.5 Å². The highest BCUT2D eigenvalue weighted by atomic mass is 35.5. The Morgan fingerprint density at radius 2 is 1.70 bits per heavy atom. The number of phenolic OH excluding ortho intramolecular Hbond substituents is 2. The molecular weight excluding hydrogens is 630 g/mol. The summed E-state index contributed by atoms with van der Waals surface area (Å²) in [6, 6.07) is 13.7. The first-order valence-electron chi connectivity index (χ1n) is 14.8. The third-order valence-corrected chi connectivity index (χ3v) is 9.15. The van der Waals surface area contributed by atoms with Crippen LogP contribution in [-0.4, -0.2) is 75.0 Å². The van der Waals surface area contributed by atoms with Gasteiger partial charge in [-0.2, -0.15) is 0 Å². The molecule has 4 unspecified atom stereocenters. The highest BCUT2D eigenvalue weighted by Gasteiger charge is 2.49. The van der Waals surface area contributed by atoms with Crippen LogP contribution in [0.5, 0.6) is 17.2 Å². The molecule has 6 atom stereocenters. The Morgan fingerprint density at radius 1 is 1.02 bits per heavy atom. The van der Waals surface area contributed by atoms with Gasteiger partial charge in [-0.1, -0.05) is 49.9 Å². The third-order valence-electron chi connectivity index (χ3n) is 9.15. The molecule has 5 N–H and O–H groups in total. The lowest BCUT2D eigenvalue weighted by molar-refractivity contribution is -0.246. The fourth-order valence-electron chi connectivity index (χ4n) is 6.74. The van der Waals surface area contributed by atoms with Crippen LogP contribution in [0.3, 0.4) is 0 Å². The molecule has 0 spiro atoms. The van der Waals surface area contributed by atoms with Crippen molar-refractivity contribution in [3.63, 3.8) is 0 Å². The number of aromatic hydroxyl groups is 2. The zero-order valence-corrected chi connectivity index (χ0v) is 26.3. The van der Waals surface area contributed by atoms with Gasteiger partial charge in [-0.3, -0.25) is 14.4 Å². The zero-order chi connectivity index (χ0) is 32.2. The summed E-state index contributed by atoms with van der Waals surface area (Å²) in [5.74, 6) is -3.16. The number of carbonyl (C=O) groups excluding carboxylic acids is 3. The normalized spacial score (nSPS) is 26.2. The Bertz CT molecular complexity index is 1680. The van der Waals surface area contributed by atoms with Crippen molar-refractivity contribution in [3.8, 4) is 17.2 Å². The van der Waals surface area contributed by atoms with Gasteiger partial charge in [-0.05, 0) is 25.5 Å². The first kappa shape index (κ1) is 36.0. The van der Waals surface area contributed by atoms with Crippen LogP contribution in [0.4, 0.5) is 0 Å². The number of methoxy groups -OCH3 is 1. The summed E-state index contributed by atoms with van der Waals surface area (Å²) in [7, 11) is 1.35. The molecule has 252 valence electrons. The van der Waals surface area contributed by atoms with E-state index >= 15 is 0 Å². The summed E-state index contributed by atoms with van der Waals surface area (Å²) in [6.07, 6.45) is -4.44. The van der Waals surface area contributed by atoms with E-state index in [1.54, 1.807) is 6.92 Å². The minimum absolute atomic E-state index is 0. The molecule has 1 heterocycles. The Balaban J connectivity index is 0.00000250. The molecule has 0 bridgehead atoms. The molecule has 1 fully saturated rings. The number of ketones is 3. The van der Waals surface area contributed by atoms with E-state index in [1.165, 1.54) is 32.2 Å². The van der Waals surface area contributed by atoms with Crippen molar-refractivity contribution >= 4 is 29.8 Å². The Hall–Kier alpha value is -3.84. The van der Waals surface area contributed by atoms with Gasteiger partial charge in [-0.25, -0.2) is 0 Å². The number of Topliss-reactive ketones (excluding diaryl/α,β-unsaturated/α-hetero) is 1. The SMILES string of the molecule is C.COc1cccc2c1C(=O)c1c(O)c3c(c(O)c1C2=O)C[C@@](O)(C(C)=O)C[C@H]3OC1CC(O)C(NCc2ccccc2)C(C)O1.Cl. The van der Waals surface area contributed by atoms with Crippen molar-refractivity contribution in [2.75, 3.05) is 7.11 Å². The van der Waals surface area contributed by atoms with Crippen LogP contribution >= 0.6 is 12.4 Å². The molecule has 11 nitrogen and oxygen atoms in total. The van der Waals surface area contributed by atoms with E-state index in [1.807, 2.05) is 30.3 Å². The van der Waals surface area contributed by atoms with Crippen molar-refractivity contribution in [2.45, 2.75) is 83.3 Å². The summed E-state index contributed by atoms with van der Waals surface area (Å²) in [5.41, 5.74) is -2.01. The van der Waals surface area contributed by atoms with Crippen molar-refractivity contribution in [1.82, 2.24) is 5.32 Å². The van der Waals surface area contributed by atoms with Crippen molar-refractivity contribution in [1.29, 1.82) is 0 Å². The maximum absolute atomic E-state index is 13.8. The lowest BCUT2D eigenvalue weighted by Gasteiger charge is -2.43. The number of nitrogens with one attached hydrogen (secondary N) is 1. The zero-order valence-electron chi connectivity index (χ0n) is 25.5. The van der Waals surface area contributed by atoms with Crippen molar-refractivity contribution in [3.05, 3.63) is 87.5 Å². The molecule has 0 radical (unpaired) electrons. The van der Waals surface area contributed by atoms with E-state index in [0.29, 0.717) is 6.54 Å². The molecular formula is C35H40ClNO10. The van der Waals surface area contributed by atoms with E-state index < -0.39 is 82.6 Å². The molecule has 0 saturated carbocycles. The quantitative estimate of drug-likeness (QED) is 0.181. The number of aliphatic hydroxyl groups excluding tert-OH is 1. The Morgan fingerprint density at radius 3 is 2.34 bits per heavy atom. The minimum atomic E-state index is -2.02. The molecule has 3 aromatic carbocycles. The van der Waals surface area contributed by atoms with Crippen LogP contribution in [0, 0.1) is 0 Å². The lowest BCUT2D eigenvalue weighted by Crippen LogP contribution is -2.55. The average Bonchev–Trinajstić information content (AvgIpc) is 3.01. The molecule has 12 heteroatoms. The molecule has 6 rings (SSSR count). The summed E-state index contributed by atoms with van der Waals surface area (Å²) in [6.45, 7) is 3.47. The number of fused-ring (bicyclic) bond motifs is 3. The predicted molar refractivity (Wildman–Crippen MR) is 173 cm³/mol. The van der Waals surface area contributed by atoms with Gasteiger partial charge in [0.05, 0.1) is 48.2 Å². The molecule has 1 aliphatic heterocycles. The van der Waals surface area contributed by atoms with Gasteiger partial charge in [0.2, 0.25) is 5.78 Å². The number of phenols is 2. The van der Waals surface area contributed by atoms with Gasteiger partial charge in [0.25, 0.3) is 0 Å². The van der Waals surface area contributed by atoms with E-state index in [-0.39, 0.29) is 60.7 Å². The molecule has 1 saturated heterocycles. The fraction of sp³-hybridized carbons (Fsp3) is 0.400. The van der Waals surface area contributed by atoms with Gasteiger partial charge in [-0.15, -0.1) is 12.4 Å². The largest absolute Gasteiger partial charge is 0.507 e. The second-order valence-electron chi connectivity index (χ2n) is 11.9. The number of rotatable bonds is 7. The van der Waals surface area contributed by atoms with Crippen molar-refractivity contribution in [2.24, 2.45) is 0 Å². The topological polar surface area (TPSA) is 172 Å². The smallest absolute Gasteiger partial charge is 0.202 e. The van der Waals surface area contributed by atoms with E-state index in [4.69, 9.17) is 14.2 Å². The molecule has 2 aliphatic carbocycles. The summed E-state index contributed by atoms with van der Waals surface area (Å²) < 4.78 is 17.7. The molecule has 47 heavy (non-hydrogen) atoms. The van der Waals surface area contributed by atoms with Crippen molar-refractivity contribution < 1.29 is 49.0 Å². The summed E-state index contributed by atoms with van der Waals surface area (Å²) >= 11 is 0. The maximum Gasteiger partial charge on any atom is 0.202 e. The highest BCUT2D eigenvalue weighted by Crippen LogP contribution is 2.52. The second-order valence-corrected chi connectivity index (χ2v) is 11.9. The summed E-state index contributed by atoms with van der Waals surface area (Å²) in [5, 5.41) is 48.9. The Kier molecular flexibility index (Phi) is 10.5. The van der Waals surface area contributed by atoms with Gasteiger partial charge >= 0.3 is 0 Å². The van der Waals surface area contributed by atoms with Crippen LogP contribution in [0.1, 0.15) is 88.8 Å². The average molecular weight is 670 g/mol. The standard InChI is InChI=1S/C34H35NO10.CH4.ClH/c1-16-29(35-15-18-8-5-4-6-9-18)21(37)12-24(44-16)45-23-14-34(42,17(2)36)13-20-26(23)33(41)28-27(31(20)39)30(38)19-10-7-11-22(43-3)25(19)32(28)40;;/h4-11,16,21,23-24,29,35,37,39,41-42H,12-15H2,1-3H3;1H4;1H/t16?,21?,23-,24?,29?,34+;;/m1../s1. The highest BCUT2D eigenvalue weighted by molar-refractivity contribution is 6.31. The van der Waals surface area contributed by atoms with Gasteiger partial charge in [0.15, 0.2) is 17.9 Å². The number of aliphatic hydroxyl groups is 2. The number of ether oxygens (including phenoxy) is 3. The molecule has 0 amide bonds. The fourth-order valence-corrected chi connectivity index (χ4v) is 6.74. The maximum atomic E-state index is 13.8. The third kappa shape index (κ3) is 6.15. The molecule has 3 aromatic rings. The summed E-state index contributed by atoms with van der Waals surface area (Å²) in [4.78, 5) is 40.1. The van der Waals surface area contributed by atoms with E-state index in [2.05, 4.69) is 5.32 Å². The monoisotopic (exact) mass is 669 g/mol. The van der Waals surface area contributed by atoms with Crippen LogP contribution < -0.4 is 10.1 Å². The van der Waals surface area contributed by atoms with Crippen LogP contribution in [0.2, 0.25) is 0 Å². The predicted octanol–water partition coefficient (Wildman–Crippen LogP) is 3.92. The number of carbonyl (C=O) groups is 3. The molecule has 0 aromatic heterocycles. The first-order chi connectivity index (χ1) is 21.4. The Labute approximate surface area is 278 Å². The van der Waals surface area contributed by atoms with Crippen LogP contribution in [0.25, 0.3) is 0 Å². The number of hydrogen-bond acceptors (Lipinski definition) is 11. The first-order valence-corrected chi connectivity index (χ1v) is 14.8. The van der Waals surface area contributed by atoms with Gasteiger partial charge in [0.1, 0.15) is 22.8 Å². The number of halogens is 1. The molecule has 3 aliphatic rings. The van der Waals surface area contributed by atoms with Gasteiger partial charge < -0.3 is 40.0 Å².